The van der Waals surface area contributed by atoms with Crippen molar-refractivity contribution in [2.45, 2.75) is 25.0 Å². The zero-order valence-electron chi connectivity index (χ0n) is 20.8. The van der Waals surface area contributed by atoms with Gasteiger partial charge in [-0.3, -0.25) is 9.69 Å². The van der Waals surface area contributed by atoms with Gasteiger partial charge in [-0.2, -0.15) is 5.10 Å². The number of anilines is 1. The van der Waals surface area contributed by atoms with E-state index in [-0.39, 0.29) is 11.9 Å². The summed E-state index contributed by atoms with van der Waals surface area (Å²) in [6.45, 7) is 5.16. The van der Waals surface area contributed by atoms with E-state index < -0.39 is 6.17 Å². The van der Waals surface area contributed by atoms with Crippen LogP contribution in [0.2, 0.25) is 0 Å². The van der Waals surface area contributed by atoms with Crippen LogP contribution < -0.4 is 15.5 Å². The van der Waals surface area contributed by atoms with Gasteiger partial charge in [0.05, 0.1) is 45.3 Å². The van der Waals surface area contributed by atoms with Crippen molar-refractivity contribution in [3.05, 3.63) is 59.7 Å². The Morgan fingerprint density at radius 3 is 2.36 bits per heavy atom. The van der Waals surface area contributed by atoms with Crippen LogP contribution in [0, 0.1) is 0 Å². The van der Waals surface area contributed by atoms with Gasteiger partial charge in [-0.05, 0) is 41.8 Å². The summed E-state index contributed by atoms with van der Waals surface area (Å²) >= 11 is 0. The first-order chi connectivity index (χ1) is 17.7. The third kappa shape index (κ3) is 5.98. The first-order valence-corrected chi connectivity index (χ1v) is 12.7. The van der Waals surface area contributed by atoms with Crippen molar-refractivity contribution in [1.82, 2.24) is 15.2 Å². The number of carbonyl (C=O) groups is 1. The van der Waals surface area contributed by atoms with Crippen molar-refractivity contribution in [2.24, 2.45) is 5.10 Å². The topological polar surface area (TPSA) is 87.7 Å². The molecule has 9 heteroatoms. The van der Waals surface area contributed by atoms with Crippen molar-refractivity contribution >= 4 is 17.3 Å². The number of methoxy groups -OCH3 is 1. The van der Waals surface area contributed by atoms with Gasteiger partial charge in [-0.25, -0.2) is 0 Å². The van der Waals surface area contributed by atoms with E-state index in [4.69, 9.17) is 14.2 Å². The average Bonchev–Trinajstić information content (AvgIpc) is 3.41. The molecule has 0 radical (unpaired) electrons. The Kier molecular flexibility index (Phi) is 8.00. The van der Waals surface area contributed by atoms with Gasteiger partial charge in [0.25, 0.3) is 5.91 Å². The molecule has 3 aliphatic heterocycles. The molecular formula is C27H35N5O4. The minimum atomic E-state index is -0.419. The lowest BCUT2D eigenvalue weighted by Gasteiger charge is -2.38. The molecule has 9 nitrogen and oxygen atoms in total. The second-order valence-corrected chi connectivity index (χ2v) is 9.35. The normalized spacial score (nSPS) is 21.4. The molecule has 2 N–H and O–H groups in total. The van der Waals surface area contributed by atoms with Crippen LogP contribution in [-0.4, -0.2) is 93.3 Å². The fourth-order valence-electron chi connectivity index (χ4n) is 4.86. The van der Waals surface area contributed by atoms with Gasteiger partial charge in [0, 0.05) is 38.3 Å². The minimum Gasteiger partial charge on any atom is -0.497 e. The van der Waals surface area contributed by atoms with Crippen LogP contribution in [0.4, 0.5) is 5.69 Å². The number of ether oxygens (including phenoxy) is 3. The van der Waals surface area contributed by atoms with E-state index in [9.17, 15) is 4.79 Å². The summed E-state index contributed by atoms with van der Waals surface area (Å²) in [7, 11) is 1.68. The van der Waals surface area contributed by atoms with E-state index in [0.717, 1.165) is 48.6 Å². The van der Waals surface area contributed by atoms with Gasteiger partial charge >= 0.3 is 0 Å². The molecule has 36 heavy (non-hydrogen) atoms. The van der Waals surface area contributed by atoms with Crippen LogP contribution in [-0.2, 0) is 20.7 Å². The molecule has 1 amide bonds. The zero-order chi connectivity index (χ0) is 24.7. The number of nitrogens with one attached hydrogen (secondary N) is 2. The molecule has 0 aromatic heterocycles. The third-order valence-corrected chi connectivity index (χ3v) is 6.95. The second kappa shape index (κ2) is 11.7. The molecule has 2 aromatic carbocycles. The molecule has 0 saturated carbocycles. The summed E-state index contributed by atoms with van der Waals surface area (Å²) in [5, 5.41) is 8.08. The Bertz CT molecular complexity index is 1030. The lowest BCUT2D eigenvalue weighted by atomic mass is 9.99. The average molecular weight is 494 g/mol. The number of hydrogen-bond donors (Lipinski definition) is 2. The number of rotatable bonds is 8. The quantitative estimate of drug-likeness (QED) is 0.581. The zero-order valence-corrected chi connectivity index (χ0v) is 20.8. The first-order valence-electron chi connectivity index (χ1n) is 12.7. The highest BCUT2D eigenvalue weighted by molar-refractivity contribution is 6.02. The molecule has 0 bridgehead atoms. The SMILES string of the molecule is COc1ccc(CC2CC(c3ccc(NC(C(=O)N4CCOCC4)N4CCOCC4)cc3)=NN2)cc1. The summed E-state index contributed by atoms with van der Waals surface area (Å²) in [4.78, 5) is 17.5. The molecule has 0 aliphatic carbocycles. The molecule has 3 heterocycles. The van der Waals surface area contributed by atoms with E-state index in [1.807, 2.05) is 29.2 Å². The lowest BCUT2D eigenvalue weighted by Crippen LogP contribution is -2.57. The number of nitrogens with zero attached hydrogens (tertiary/aromatic N) is 3. The molecule has 5 rings (SSSR count). The monoisotopic (exact) mass is 493 g/mol. The van der Waals surface area contributed by atoms with Gasteiger partial charge in [0.15, 0.2) is 6.17 Å². The van der Waals surface area contributed by atoms with Gasteiger partial charge in [-0.15, -0.1) is 0 Å². The van der Waals surface area contributed by atoms with E-state index in [2.05, 4.69) is 45.0 Å². The highest BCUT2D eigenvalue weighted by atomic mass is 16.5. The molecule has 2 aromatic rings. The molecule has 2 unspecified atom stereocenters. The standard InChI is InChI=1S/C27H35N5O4/c1-34-24-8-2-20(3-9-24)18-23-19-25(30-29-23)21-4-6-22(7-5-21)28-26(31-10-14-35-15-11-31)27(33)32-12-16-36-17-13-32/h2-9,23,26,28-29H,10-19H2,1H3. The van der Waals surface area contributed by atoms with Crippen molar-refractivity contribution in [3.8, 4) is 5.75 Å². The largest absolute Gasteiger partial charge is 0.497 e. The number of carbonyl (C=O) groups excluding carboxylic acids is 1. The summed E-state index contributed by atoms with van der Waals surface area (Å²) in [5.41, 5.74) is 7.59. The fraction of sp³-hybridized carbons (Fsp3) is 0.481. The van der Waals surface area contributed by atoms with Crippen LogP contribution in [0.3, 0.4) is 0 Å². The van der Waals surface area contributed by atoms with Crippen molar-refractivity contribution in [1.29, 1.82) is 0 Å². The second-order valence-electron chi connectivity index (χ2n) is 9.35. The number of morpholine rings is 2. The maximum Gasteiger partial charge on any atom is 0.260 e. The van der Waals surface area contributed by atoms with E-state index >= 15 is 0 Å². The van der Waals surface area contributed by atoms with Gasteiger partial charge in [0.1, 0.15) is 5.75 Å². The summed E-state index contributed by atoms with van der Waals surface area (Å²) in [6, 6.07) is 16.7. The van der Waals surface area contributed by atoms with Crippen molar-refractivity contribution in [2.75, 3.05) is 65.0 Å². The smallest absolute Gasteiger partial charge is 0.260 e. The maximum absolute atomic E-state index is 13.4. The molecule has 3 aliphatic rings. The highest BCUT2D eigenvalue weighted by Crippen LogP contribution is 2.21. The maximum atomic E-state index is 13.4. The van der Waals surface area contributed by atoms with Crippen molar-refractivity contribution in [3.63, 3.8) is 0 Å². The van der Waals surface area contributed by atoms with Crippen LogP contribution in [0.15, 0.2) is 53.6 Å². The van der Waals surface area contributed by atoms with E-state index in [1.54, 1.807) is 7.11 Å². The Labute approximate surface area is 212 Å². The Hall–Kier alpha value is -3.14. The molecule has 192 valence electrons. The fourth-order valence-corrected chi connectivity index (χ4v) is 4.86. The van der Waals surface area contributed by atoms with Crippen LogP contribution in [0.5, 0.6) is 5.75 Å². The van der Waals surface area contributed by atoms with Crippen LogP contribution >= 0.6 is 0 Å². The molecule has 2 atom stereocenters. The van der Waals surface area contributed by atoms with Gasteiger partial charge in [0.2, 0.25) is 0 Å². The van der Waals surface area contributed by atoms with Crippen LogP contribution in [0.25, 0.3) is 0 Å². The Morgan fingerprint density at radius 2 is 1.69 bits per heavy atom. The summed E-state index contributed by atoms with van der Waals surface area (Å²) < 4.78 is 16.2. The van der Waals surface area contributed by atoms with Crippen LogP contribution in [0.1, 0.15) is 17.5 Å². The number of benzene rings is 2. The predicted molar refractivity (Wildman–Crippen MR) is 138 cm³/mol. The van der Waals surface area contributed by atoms with Gasteiger partial charge in [-0.1, -0.05) is 24.3 Å². The molecule has 2 fully saturated rings. The Morgan fingerprint density at radius 1 is 1.03 bits per heavy atom. The minimum absolute atomic E-state index is 0.0926. The molecule has 2 saturated heterocycles. The summed E-state index contributed by atoms with van der Waals surface area (Å²) in [6.07, 6.45) is 1.35. The molecule has 0 spiro atoms. The van der Waals surface area contributed by atoms with E-state index in [1.165, 1.54) is 5.56 Å². The Balaban J connectivity index is 1.21. The lowest BCUT2D eigenvalue weighted by molar-refractivity contribution is -0.141. The summed E-state index contributed by atoms with van der Waals surface area (Å²) in [5.74, 6) is 0.960. The first kappa shape index (κ1) is 24.5. The van der Waals surface area contributed by atoms with Crippen molar-refractivity contribution < 1.29 is 19.0 Å². The molecular weight excluding hydrogens is 458 g/mol. The highest BCUT2D eigenvalue weighted by Gasteiger charge is 2.32. The number of hydrazone groups is 1. The third-order valence-electron chi connectivity index (χ3n) is 6.95. The van der Waals surface area contributed by atoms with Gasteiger partial charge < -0.3 is 29.9 Å². The predicted octanol–water partition coefficient (Wildman–Crippen LogP) is 1.93. The number of amides is 1. The number of hydrogen-bond acceptors (Lipinski definition) is 8. The van der Waals surface area contributed by atoms with E-state index in [0.29, 0.717) is 39.5 Å².